The summed E-state index contributed by atoms with van der Waals surface area (Å²) in [6, 6.07) is 2.77. The van der Waals surface area contributed by atoms with Crippen LogP contribution in [0.5, 0.6) is 0 Å². The number of fused-ring (bicyclic) bond motifs is 1. The molecule has 25 heavy (non-hydrogen) atoms. The Hall–Kier alpha value is -2.06. The predicted molar refractivity (Wildman–Crippen MR) is 84.1 cm³/mol. The Kier molecular flexibility index (Phi) is 4.75. The molecule has 2 aliphatic heterocycles. The third-order valence-corrected chi connectivity index (χ3v) is 5.17. The third-order valence-electron chi connectivity index (χ3n) is 5.17. The molecule has 2 heterocycles. The molecule has 8 heteroatoms. The first-order valence-electron chi connectivity index (χ1n) is 8.06. The topological polar surface area (TPSA) is 70.1 Å². The van der Waals surface area contributed by atoms with Crippen molar-refractivity contribution in [1.29, 1.82) is 0 Å². The maximum Gasteiger partial charge on any atom is 0.313 e. The maximum absolute atomic E-state index is 13.9. The number of methoxy groups -OCH3 is 1. The summed E-state index contributed by atoms with van der Waals surface area (Å²) in [4.78, 5) is 27.9. The van der Waals surface area contributed by atoms with E-state index in [0.717, 1.165) is 12.1 Å². The van der Waals surface area contributed by atoms with Gasteiger partial charge in [0.1, 0.15) is 17.0 Å². The Morgan fingerprint density at radius 1 is 1.32 bits per heavy atom. The first-order valence-corrected chi connectivity index (χ1v) is 8.06. The molecular weight excluding hydrogens is 334 g/mol. The quantitative estimate of drug-likeness (QED) is 0.857. The zero-order valence-electron chi connectivity index (χ0n) is 13.9. The van der Waals surface area contributed by atoms with Crippen LogP contribution in [0.1, 0.15) is 10.4 Å². The van der Waals surface area contributed by atoms with Crippen LogP contribution in [0.3, 0.4) is 0 Å². The molecule has 1 amide bonds. The van der Waals surface area contributed by atoms with Crippen LogP contribution < -0.4 is 0 Å². The molecule has 136 valence electrons. The zero-order valence-corrected chi connectivity index (χ0v) is 13.9. The van der Waals surface area contributed by atoms with E-state index in [1.807, 2.05) is 4.90 Å². The van der Waals surface area contributed by atoms with Crippen molar-refractivity contribution in [2.75, 3.05) is 46.4 Å². The monoisotopic (exact) mass is 354 g/mol. The van der Waals surface area contributed by atoms with E-state index in [9.17, 15) is 23.5 Å². The Balaban J connectivity index is 1.78. The van der Waals surface area contributed by atoms with E-state index in [4.69, 9.17) is 4.74 Å². The van der Waals surface area contributed by atoms with Gasteiger partial charge in [-0.25, -0.2) is 8.78 Å². The minimum absolute atomic E-state index is 0.0200. The lowest BCUT2D eigenvalue weighted by Crippen LogP contribution is -2.42. The largest absolute Gasteiger partial charge is 0.481 e. The van der Waals surface area contributed by atoms with Crippen LogP contribution >= 0.6 is 0 Å². The average Bonchev–Trinajstić information content (AvgIpc) is 3.07. The van der Waals surface area contributed by atoms with E-state index in [0.29, 0.717) is 32.3 Å². The molecular formula is C17H20F2N2O4. The van der Waals surface area contributed by atoms with Crippen molar-refractivity contribution < 1.29 is 28.2 Å². The summed E-state index contributed by atoms with van der Waals surface area (Å²) in [5.74, 6) is -3.48. The highest BCUT2D eigenvalue weighted by Gasteiger charge is 2.58. The lowest BCUT2D eigenvalue weighted by molar-refractivity contribution is -0.148. The molecule has 0 unspecified atom stereocenters. The molecule has 0 radical (unpaired) electrons. The minimum atomic E-state index is -1.06. The van der Waals surface area contributed by atoms with Crippen molar-refractivity contribution in [1.82, 2.24) is 9.80 Å². The molecule has 2 fully saturated rings. The summed E-state index contributed by atoms with van der Waals surface area (Å²) in [5.41, 5.74) is -1.29. The number of likely N-dealkylation sites (tertiary alicyclic amines) is 2. The molecule has 0 aliphatic carbocycles. The number of nitrogens with zero attached hydrogens (tertiary/aromatic N) is 2. The zero-order chi connectivity index (χ0) is 18.2. The number of amides is 1. The van der Waals surface area contributed by atoms with E-state index in [1.54, 1.807) is 7.11 Å². The van der Waals surface area contributed by atoms with Crippen LogP contribution in [0.2, 0.25) is 0 Å². The first kappa shape index (κ1) is 17.8. The Bertz CT molecular complexity index is 699. The molecule has 2 aliphatic rings. The molecule has 3 rings (SSSR count). The second kappa shape index (κ2) is 6.68. The SMILES string of the molecule is COCCN1C[C@@H]2CN(C(=O)c3ccc(F)cc3F)C[C@]2(C(=O)O)C1. The van der Waals surface area contributed by atoms with Crippen LogP contribution in [0, 0.1) is 23.0 Å². The van der Waals surface area contributed by atoms with Gasteiger partial charge in [-0.1, -0.05) is 0 Å². The van der Waals surface area contributed by atoms with E-state index in [-0.39, 0.29) is 24.6 Å². The smallest absolute Gasteiger partial charge is 0.313 e. The van der Waals surface area contributed by atoms with E-state index < -0.39 is 28.9 Å². The van der Waals surface area contributed by atoms with Crippen molar-refractivity contribution in [2.24, 2.45) is 11.3 Å². The minimum Gasteiger partial charge on any atom is -0.481 e. The number of halogens is 2. The summed E-state index contributed by atoms with van der Waals surface area (Å²) in [5, 5.41) is 9.76. The predicted octanol–water partition coefficient (Wildman–Crippen LogP) is 1.07. The highest BCUT2D eigenvalue weighted by molar-refractivity contribution is 5.95. The fourth-order valence-electron chi connectivity index (χ4n) is 3.85. The van der Waals surface area contributed by atoms with Crippen molar-refractivity contribution >= 4 is 11.9 Å². The lowest BCUT2D eigenvalue weighted by atomic mass is 9.81. The van der Waals surface area contributed by atoms with Crippen LogP contribution in [0.4, 0.5) is 8.78 Å². The third kappa shape index (κ3) is 3.11. The number of benzene rings is 1. The normalized spacial score (nSPS) is 26.0. The molecule has 2 atom stereocenters. The van der Waals surface area contributed by atoms with Gasteiger partial charge in [-0.2, -0.15) is 0 Å². The van der Waals surface area contributed by atoms with Crippen molar-refractivity contribution in [2.45, 2.75) is 0 Å². The van der Waals surface area contributed by atoms with E-state index in [2.05, 4.69) is 0 Å². The molecule has 0 aromatic heterocycles. The number of ether oxygens (including phenoxy) is 1. The van der Waals surface area contributed by atoms with Crippen molar-refractivity contribution in [3.05, 3.63) is 35.4 Å². The standard InChI is InChI=1S/C17H20F2N2O4/c1-25-5-4-20-7-11-8-21(10-17(11,9-20)16(23)24)15(22)13-3-2-12(18)6-14(13)19/h2-3,6,11H,4-5,7-10H2,1H3,(H,23,24)/t11-,17-/m1/s1. The Morgan fingerprint density at radius 2 is 2.08 bits per heavy atom. The van der Waals surface area contributed by atoms with Crippen molar-refractivity contribution in [3.63, 3.8) is 0 Å². The molecule has 1 N–H and O–H groups in total. The van der Waals surface area contributed by atoms with Gasteiger partial charge in [-0.05, 0) is 12.1 Å². The second-order valence-corrected chi connectivity index (χ2v) is 6.70. The van der Waals surface area contributed by atoms with E-state index in [1.165, 1.54) is 4.90 Å². The number of carbonyl (C=O) groups excluding carboxylic acids is 1. The molecule has 2 saturated heterocycles. The van der Waals surface area contributed by atoms with Gasteiger partial charge in [-0.15, -0.1) is 0 Å². The number of carboxylic acids is 1. The Labute approximate surface area is 144 Å². The van der Waals surface area contributed by atoms with Gasteiger partial charge in [0.15, 0.2) is 0 Å². The van der Waals surface area contributed by atoms with Gasteiger partial charge >= 0.3 is 5.97 Å². The molecule has 1 aromatic carbocycles. The summed E-state index contributed by atoms with van der Waals surface area (Å²) >= 11 is 0. The number of carboxylic acid groups (broad SMARTS) is 1. The highest BCUT2D eigenvalue weighted by Crippen LogP contribution is 2.43. The van der Waals surface area contributed by atoms with Gasteiger partial charge < -0.3 is 14.7 Å². The van der Waals surface area contributed by atoms with Crippen LogP contribution in [-0.2, 0) is 9.53 Å². The summed E-state index contributed by atoms with van der Waals surface area (Å²) in [7, 11) is 1.58. The number of aliphatic carboxylic acids is 1. The maximum atomic E-state index is 13.9. The van der Waals surface area contributed by atoms with Gasteiger partial charge in [0.2, 0.25) is 0 Å². The molecule has 0 spiro atoms. The van der Waals surface area contributed by atoms with E-state index >= 15 is 0 Å². The van der Waals surface area contributed by atoms with Crippen LogP contribution in [-0.4, -0.2) is 73.2 Å². The van der Waals surface area contributed by atoms with Gasteiger partial charge in [-0.3, -0.25) is 14.5 Å². The number of hydrogen-bond donors (Lipinski definition) is 1. The highest BCUT2D eigenvalue weighted by atomic mass is 19.1. The summed E-state index contributed by atoms with van der Waals surface area (Å²) in [6.07, 6.45) is 0. The van der Waals surface area contributed by atoms with Gasteiger partial charge in [0.25, 0.3) is 5.91 Å². The number of rotatable bonds is 5. The Morgan fingerprint density at radius 3 is 2.68 bits per heavy atom. The fraction of sp³-hybridized carbons (Fsp3) is 0.529. The molecule has 0 saturated carbocycles. The average molecular weight is 354 g/mol. The lowest BCUT2D eigenvalue weighted by Gasteiger charge is -2.25. The van der Waals surface area contributed by atoms with Crippen LogP contribution in [0.15, 0.2) is 18.2 Å². The second-order valence-electron chi connectivity index (χ2n) is 6.70. The summed E-state index contributed by atoms with van der Waals surface area (Å²) in [6.45, 7) is 2.27. The van der Waals surface area contributed by atoms with Crippen LogP contribution in [0.25, 0.3) is 0 Å². The van der Waals surface area contributed by atoms with Gasteiger partial charge in [0, 0.05) is 51.8 Å². The fourth-order valence-corrected chi connectivity index (χ4v) is 3.85. The number of carbonyl (C=O) groups is 2. The van der Waals surface area contributed by atoms with Crippen molar-refractivity contribution in [3.8, 4) is 0 Å². The summed E-state index contributed by atoms with van der Waals surface area (Å²) < 4.78 is 31.9. The first-order chi connectivity index (χ1) is 11.9. The molecule has 0 bridgehead atoms. The van der Waals surface area contributed by atoms with Gasteiger partial charge in [0.05, 0.1) is 12.2 Å². The number of hydrogen-bond acceptors (Lipinski definition) is 4. The molecule has 6 nitrogen and oxygen atoms in total. The molecule has 1 aromatic rings.